The number of carbonyl (C=O) groups is 2. The van der Waals surface area contributed by atoms with Crippen molar-refractivity contribution >= 4 is 17.3 Å². The summed E-state index contributed by atoms with van der Waals surface area (Å²) in [4.78, 5) is 29.2. The maximum Gasteiger partial charge on any atom is 0.250 e. The van der Waals surface area contributed by atoms with Crippen molar-refractivity contribution in [2.24, 2.45) is 16.6 Å². The lowest BCUT2D eigenvalue weighted by atomic mass is 9.80. The second kappa shape index (κ2) is 5.19. The van der Waals surface area contributed by atoms with E-state index < -0.39 is 11.4 Å². The van der Waals surface area contributed by atoms with E-state index in [9.17, 15) is 9.59 Å². The molecule has 106 valence electrons. The number of nitrogens with zero attached hydrogens (tertiary/aromatic N) is 1. The average Bonchev–Trinajstić information content (AvgIpc) is 2.73. The van der Waals surface area contributed by atoms with Crippen LogP contribution in [-0.4, -0.2) is 17.2 Å². The van der Waals surface area contributed by atoms with E-state index in [1.54, 1.807) is 0 Å². The molecule has 1 aliphatic heterocycles. The van der Waals surface area contributed by atoms with Crippen LogP contribution in [0.4, 0.5) is 0 Å². The van der Waals surface area contributed by atoms with Crippen LogP contribution in [0.2, 0.25) is 0 Å². The van der Waals surface area contributed by atoms with Gasteiger partial charge in [0.2, 0.25) is 5.91 Å². The third kappa shape index (κ3) is 2.05. The maximum absolute atomic E-state index is 12.6. The molecule has 0 spiro atoms. The van der Waals surface area contributed by atoms with E-state index in [2.05, 4.69) is 4.99 Å². The number of primary amides is 1. The summed E-state index contributed by atoms with van der Waals surface area (Å²) in [7, 11) is 0. The minimum absolute atomic E-state index is 0.0500. The highest BCUT2D eigenvalue weighted by atomic mass is 16.2. The molecule has 0 fully saturated rings. The minimum Gasteiger partial charge on any atom is -0.367 e. The van der Waals surface area contributed by atoms with Gasteiger partial charge < -0.3 is 5.73 Å². The Hall–Kier alpha value is -1.97. The lowest BCUT2D eigenvalue weighted by molar-refractivity contribution is -0.123. The number of hydrogen-bond donors (Lipinski definition) is 1. The number of rotatable bonds is 5. The number of fused-ring (bicyclic) bond motifs is 1. The lowest BCUT2D eigenvalue weighted by Gasteiger charge is -2.26. The van der Waals surface area contributed by atoms with Gasteiger partial charge in [-0.05, 0) is 12.5 Å². The highest BCUT2D eigenvalue weighted by Gasteiger charge is 2.45. The van der Waals surface area contributed by atoms with E-state index >= 15 is 0 Å². The zero-order chi connectivity index (χ0) is 14.9. The molecule has 4 nitrogen and oxygen atoms in total. The minimum atomic E-state index is -1.19. The molecule has 4 heteroatoms. The molecule has 0 radical (unpaired) electrons. The van der Waals surface area contributed by atoms with Crippen LogP contribution in [0, 0.1) is 5.92 Å². The van der Waals surface area contributed by atoms with Gasteiger partial charge in [0.25, 0.3) is 0 Å². The van der Waals surface area contributed by atoms with Crippen molar-refractivity contribution in [3.05, 3.63) is 34.8 Å². The fourth-order valence-corrected chi connectivity index (χ4v) is 2.74. The Morgan fingerprint density at radius 1 is 1.30 bits per heavy atom. The van der Waals surface area contributed by atoms with Gasteiger partial charge in [0.15, 0.2) is 11.3 Å². The third-order valence-corrected chi connectivity index (χ3v) is 3.69. The quantitative estimate of drug-likeness (QED) is 0.857. The summed E-state index contributed by atoms with van der Waals surface area (Å²) in [6.45, 7) is 5.61. The predicted molar refractivity (Wildman–Crippen MR) is 77.3 cm³/mol. The number of hydrogen-bond acceptors (Lipinski definition) is 3. The van der Waals surface area contributed by atoms with Crippen LogP contribution in [0.25, 0.3) is 5.57 Å². The van der Waals surface area contributed by atoms with Crippen molar-refractivity contribution in [2.75, 3.05) is 0 Å². The molecular weight excluding hydrogens is 252 g/mol. The zero-order valence-electron chi connectivity index (χ0n) is 12.1. The number of benzene rings is 1. The summed E-state index contributed by atoms with van der Waals surface area (Å²) >= 11 is 0. The second-order valence-corrected chi connectivity index (χ2v) is 5.50. The van der Waals surface area contributed by atoms with Crippen LogP contribution in [-0.2, 0) is 9.59 Å². The molecule has 1 aliphatic rings. The van der Waals surface area contributed by atoms with E-state index in [0.29, 0.717) is 17.4 Å². The molecule has 1 amide bonds. The maximum atomic E-state index is 12.6. The third-order valence-electron chi connectivity index (χ3n) is 3.69. The number of nitrogens with two attached hydrogens (primary N) is 1. The van der Waals surface area contributed by atoms with Crippen LogP contribution >= 0.6 is 0 Å². The first-order valence-corrected chi connectivity index (χ1v) is 6.98. The molecule has 2 N–H and O–H groups in total. The highest BCUT2D eigenvalue weighted by molar-refractivity contribution is 6.24. The zero-order valence-corrected chi connectivity index (χ0v) is 12.1. The Kier molecular flexibility index (Phi) is 3.75. The predicted octanol–water partition coefficient (Wildman–Crippen LogP) is 0.720. The molecule has 2 rings (SSSR count). The Bertz CT molecular complexity index is 676. The summed E-state index contributed by atoms with van der Waals surface area (Å²) in [5, 5.41) is 1.43. The number of amides is 1. The van der Waals surface area contributed by atoms with E-state index in [4.69, 9.17) is 5.73 Å². The van der Waals surface area contributed by atoms with Crippen LogP contribution in [0.5, 0.6) is 0 Å². The van der Waals surface area contributed by atoms with Crippen molar-refractivity contribution in [1.29, 1.82) is 0 Å². The first-order valence-electron chi connectivity index (χ1n) is 6.98. The standard InChI is InChI=1S/C16H20N2O2/c1-4-9-16(15(17)20)13(14(19)10(2)3)11-7-5-6-8-12(11)18-16/h5-8,10H,4,9H2,1-3H3,(H2,17,20). The van der Waals surface area contributed by atoms with Gasteiger partial charge in [-0.2, -0.15) is 0 Å². The average molecular weight is 272 g/mol. The van der Waals surface area contributed by atoms with Crippen LogP contribution < -0.4 is 16.3 Å². The topological polar surface area (TPSA) is 72.5 Å². The van der Waals surface area contributed by atoms with Crippen molar-refractivity contribution in [3.8, 4) is 0 Å². The van der Waals surface area contributed by atoms with Crippen molar-refractivity contribution < 1.29 is 9.59 Å². The van der Waals surface area contributed by atoms with Crippen LogP contribution in [0.1, 0.15) is 33.6 Å². The van der Waals surface area contributed by atoms with Crippen LogP contribution in [0.3, 0.4) is 0 Å². The molecule has 0 aliphatic carbocycles. The summed E-state index contributed by atoms with van der Waals surface area (Å²) in [5.74, 6) is -0.785. The molecular formula is C16H20N2O2. The molecule has 20 heavy (non-hydrogen) atoms. The van der Waals surface area contributed by atoms with E-state index in [-0.39, 0.29) is 11.7 Å². The first kappa shape index (κ1) is 14.4. The monoisotopic (exact) mass is 272 g/mol. The van der Waals surface area contributed by atoms with E-state index in [0.717, 1.165) is 11.6 Å². The Morgan fingerprint density at radius 3 is 2.50 bits per heavy atom. The molecule has 1 aromatic rings. The first-order chi connectivity index (χ1) is 9.44. The molecule has 0 aromatic heterocycles. The van der Waals surface area contributed by atoms with Gasteiger partial charge in [-0.15, -0.1) is 0 Å². The molecule has 1 heterocycles. The summed E-state index contributed by atoms with van der Waals surface area (Å²) in [6.07, 6.45) is 1.19. The fraction of sp³-hybridized carbons (Fsp3) is 0.438. The largest absolute Gasteiger partial charge is 0.367 e. The van der Waals surface area contributed by atoms with Crippen molar-refractivity contribution in [2.45, 2.75) is 39.2 Å². The van der Waals surface area contributed by atoms with E-state index in [1.807, 2.05) is 45.0 Å². The fourth-order valence-electron chi connectivity index (χ4n) is 2.74. The molecule has 0 saturated carbocycles. The summed E-state index contributed by atoms with van der Waals surface area (Å²) in [5.41, 5.74) is 4.90. The van der Waals surface area contributed by atoms with Gasteiger partial charge in [0.05, 0.1) is 5.36 Å². The van der Waals surface area contributed by atoms with Gasteiger partial charge in [-0.3, -0.25) is 14.6 Å². The normalized spacial score (nSPS) is 20.7. The van der Waals surface area contributed by atoms with Crippen molar-refractivity contribution in [1.82, 2.24) is 0 Å². The highest BCUT2D eigenvalue weighted by Crippen LogP contribution is 2.31. The van der Waals surface area contributed by atoms with Crippen LogP contribution in [0.15, 0.2) is 29.3 Å². The van der Waals surface area contributed by atoms with Crippen molar-refractivity contribution in [3.63, 3.8) is 0 Å². The van der Waals surface area contributed by atoms with Gasteiger partial charge >= 0.3 is 0 Å². The summed E-state index contributed by atoms with van der Waals surface area (Å²) < 4.78 is 0. The van der Waals surface area contributed by atoms with E-state index in [1.165, 1.54) is 0 Å². The molecule has 0 saturated heterocycles. The number of carbonyl (C=O) groups excluding carboxylic acids is 2. The number of ketones is 1. The number of para-hydroxylation sites is 1. The molecule has 0 bridgehead atoms. The number of Topliss-reactive ketones (excluding diaryl/α,β-unsaturated/α-hetero) is 1. The Morgan fingerprint density at radius 2 is 1.95 bits per heavy atom. The smallest absolute Gasteiger partial charge is 0.250 e. The molecule has 1 aromatic carbocycles. The van der Waals surface area contributed by atoms with Gasteiger partial charge in [-0.25, -0.2) is 0 Å². The van der Waals surface area contributed by atoms with Gasteiger partial charge in [-0.1, -0.05) is 45.4 Å². The Balaban J connectivity index is 2.82. The Labute approximate surface area is 118 Å². The summed E-state index contributed by atoms with van der Waals surface area (Å²) in [6, 6.07) is 7.37. The SMILES string of the molecule is CCCC1(C(N)=O)N=c2ccccc2=C1C(=O)C(C)C. The van der Waals surface area contributed by atoms with Gasteiger partial charge in [0, 0.05) is 16.7 Å². The second-order valence-electron chi connectivity index (χ2n) is 5.50. The molecule has 1 unspecified atom stereocenters. The molecule has 1 atom stereocenters. The van der Waals surface area contributed by atoms with Gasteiger partial charge in [0.1, 0.15) is 0 Å². The lowest BCUT2D eigenvalue weighted by Crippen LogP contribution is -2.46.